The molecule has 0 saturated carbocycles. The highest BCUT2D eigenvalue weighted by atomic mass is 127. The van der Waals surface area contributed by atoms with E-state index in [2.05, 4.69) is 139 Å². The van der Waals surface area contributed by atoms with Gasteiger partial charge in [-0.25, -0.2) is 0 Å². The Balaban J connectivity index is 1.80. The van der Waals surface area contributed by atoms with Gasteiger partial charge in [0.1, 0.15) is 7.85 Å². The summed E-state index contributed by atoms with van der Waals surface area (Å²) in [4.78, 5) is 5.37. The van der Waals surface area contributed by atoms with Gasteiger partial charge in [0.05, 0.1) is 22.1 Å². The van der Waals surface area contributed by atoms with Crippen molar-refractivity contribution in [1.29, 1.82) is 0 Å². The molecule has 0 unspecified atom stereocenters. The van der Waals surface area contributed by atoms with E-state index in [1.54, 1.807) is 0 Å². The van der Waals surface area contributed by atoms with Gasteiger partial charge in [-0.3, -0.25) is 4.98 Å². The van der Waals surface area contributed by atoms with Gasteiger partial charge in [0.2, 0.25) is 0 Å². The van der Waals surface area contributed by atoms with E-state index in [4.69, 9.17) is 4.98 Å². The standard InChI is InChI=1S/C35H35B2IN2/c1-34(2,3)16-18-11-12-20-19(13-18)14-23-30-28-22(29(36)33(37)39-30)15-25(38)27-21-9-7-8-10-26(21)40(32(27)28)31(23)24(20)17-35(4,5)6/h7-15H,16-17,36-37H2,1-6H3. The van der Waals surface area contributed by atoms with Gasteiger partial charge in [-0.2, -0.15) is 0 Å². The Morgan fingerprint density at radius 3 is 2.20 bits per heavy atom. The van der Waals surface area contributed by atoms with Crippen molar-refractivity contribution in [3.05, 3.63) is 69.3 Å². The number of aromatic nitrogens is 2. The Kier molecular flexibility index (Phi) is 5.62. The Morgan fingerprint density at radius 1 is 0.750 bits per heavy atom. The van der Waals surface area contributed by atoms with E-state index in [1.807, 2.05) is 0 Å². The van der Waals surface area contributed by atoms with Crippen LogP contribution in [0.1, 0.15) is 52.7 Å². The molecule has 0 radical (unpaired) electrons. The molecule has 0 N–H and O–H groups in total. The fourth-order valence-corrected chi connectivity index (χ4v) is 7.83. The second-order valence-electron chi connectivity index (χ2n) is 14.3. The molecule has 0 atom stereocenters. The Bertz CT molecular complexity index is 2160. The van der Waals surface area contributed by atoms with Crippen LogP contribution in [-0.2, 0) is 12.8 Å². The highest BCUT2D eigenvalue weighted by molar-refractivity contribution is 14.1. The van der Waals surface area contributed by atoms with E-state index in [9.17, 15) is 0 Å². The van der Waals surface area contributed by atoms with Gasteiger partial charge in [-0.1, -0.05) is 83.4 Å². The summed E-state index contributed by atoms with van der Waals surface area (Å²) in [5.41, 5.74) is 10.7. The lowest BCUT2D eigenvalue weighted by Gasteiger charge is -2.24. The third-order valence-corrected chi connectivity index (χ3v) is 9.41. The third-order valence-electron chi connectivity index (χ3n) is 8.56. The number of benzene rings is 4. The fraction of sp³-hybridized carbons (Fsp3) is 0.286. The highest BCUT2D eigenvalue weighted by Gasteiger charge is 2.26. The molecular weight excluding hydrogens is 597 g/mol. The molecule has 0 aliphatic rings. The Morgan fingerprint density at radius 2 is 1.48 bits per heavy atom. The van der Waals surface area contributed by atoms with E-state index in [-0.39, 0.29) is 10.8 Å². The van der Waals surface area contributed by atoms with Crippen LogP contribution in [-0.4, -0.2) is 25.1 Å². The van der Waals surface area contributed by atoms with E-state index >= 15 is 0 Å². The van der Waals surface area contributed by atoms with E-state index in [1.165, 1.54) is 74.4 Å². The zero-order chi connectivity index (χ0) is 28.3. The summed E-state index contributed by atoms with van der Waals surface area (Å²) in [5.74, 6) is 0. The average Bonchev–Trinajstić information content (AvgIpc) is 3.20. The van der Waals surface area contributed by atoms with Crippen LogP contribution in [0.2, 0.25) is 0 Å². The fourth-order valence-electron chi connectivity index (χ4n) is 6.97. The van der Waals surface area contributed by atoms with Crippen LogP contribution in [0.5, 0.6) is 0 Å². The first-order valence-corrected chi connectivity index (χ1v) is 15.5. The van der Waals surface area contributed by atoms with Crippen molar-refractivity contribution in [2.75, 3.05) is 0 Å². The first kappa shape index (κ1) is 26.1. The van der Waals surface area contributed by atoms with E-state index in [0.717, 1.165) is 24.0 Å². The smallest absolute Gasteiger partial charge is 0.163 e. The maximum absolute atomic E-state index is 5.37. The molecular formula is C35H35B2IN2. The number of hydrogen-bond donors (Lipinski definition) is 0. The van der Waals surface area contributed by atoms with Crippen molar-refractivity contribution < 1.29 is 0 Å². The van der Waals surface area contributed by atoms with Crippen molar-refractivity contribution in [1.82, 2.24) is 9.38 Å². The van der Waals surface area contributed by atoms with Gasteiger partial charge in [0.15, 0.2) is 7.85 Å². The average molecular weight is 632 g/mol. The molecule has 0 saturated heterocycles. The van der Waals surface area contributed by atoms with Crippen molar-refractivity contribution in [2.24, 2.45) is 10.8 Å². The summed E-state index contributed by atoms with van der Waals surface area (Å²) in [6.45, 7) is 14.1. The monoisotopic (exact) mass is 632 g/mol. The van der Waals surface area contributed by atoms with Crippen LogP contribution in [0.3, 0.4) is 0 Å². The van der Waals surface area contributed by atoms with Gasteiger partial charge >= 0.3 is 0 Å². The predicted molar refractivity (Wildman–Crippen MR) is 189 cm³/mol. The molecule has 198 valence electrons. The first-order chi connectivity index (χ1) is 18.8. The number of nitrogens with zero attached hydrogens (tertiary/aromatic N) is 2. The van der Waals surface area contributed by atoms with Crippen LogP contribution in [0.4, 0.5) is 0 Å². The maximum Gasteiger partial charge on any atom is 0.163 e. The number of halogens is 1. The largest absolute Gasteiger partial charge is 0.308 e. The van der Waals surface area contributed by atoms with Crippen molar-refractivity contribution in [3.63, 3.8) is 0 Å². The number of rotatable bonds is 2. The van der Waals surface area contributed by atoms with Crippen molar-refractivity contribution in [2.45, 2.75) is 54.4 Å². The minimum atomic E-state index is 0.130. The van der Waals surface area contributed by atoms with Crippen molar-refractivity contribution >= 4 is 109 Å². The van der Waals surface area contributed by atoms with E-state index < -0.39 is 0 Å². The lowest BCUT2D eigenvalue weighted by molar-refractivity contribution is 0.411. The summed E-state index contributed by atoms with van der Waals surface area (Å²) in [5, 5.41) is 9.26. The molecule has 0 amide bonds. The minimum Gasteiger partial charge on any atom is -0.308 e. The lowest BCUT2D eigenvalue weighted by Crippen LogP contribution is -2.30. The van der Waals surface area contributed by atoms with Crippen LogP contribution in [0.15, 0.2) is 54.6 Å². The summed E-state index contributed by atoms with van der Waals surface area (Å²) >= 11 is 2.56. The van der Waals surface area contributed by atoms with Crippen LogP contribution in [0, 0.1) is 14.4 Å². The number of fused-ring (bicyclic) bond motifs is 7. The molecule has 2 nitrogen and oxygen atoms in total. The molecule has 40 heavy (non-hydrogen) atoms. The van der Waals surface area contributed by atoms with Crippen LogP contribution >= 0.6 is 22.6 Å². The third kappa shape index (κ3) is 3.87. The predicted octanol–water partition coefficient (Wildman–Crippen LogP) is 6.84. The highest BCUT2D eigenvalue weighted by Crippen LogP contribution is 2.45. The summed E-state index contributed by atoms with van der Waals surface area (Å²) in [7, 11) is 4.40. The van der Waals surface area contributed by atoms with E-state index in [0.29, 0.717) is 0 Å². The van der Waals surface area contributed by atoms with Gasteiger partial charge in [-0.15, -0.1) is 0 Å². The molecule has 0 aliphatic heterocycles. The zero-order valence-electron chi connectivity index (χ0n) is 24.9. The van der Waals surface area contributed by atoms with Gasteiger partial charge in [0.25, 0.3) is 0 Å². The molecule has 0 aliphatic carbocycles. The number of pyridine rings is 2. The molecule has 0 bridgehead atoms. The molecule has 7 aromatic rings. The summed E-state index contributed by atoms with van der Waals surface area (Å²) in [6, 6.07) is 21.0. The number of hydrogen-bond acceptors (Lipinski definition) is 1. The minimum absolute atomic E-state index is 0.130. The Labute approximate surface area is 251 Å². The first-order valence-electron chi connectivity index (χ1n) is 14.4. The normalized spacial score (nSPS) is 13.3. The topological polar surface area (TPSA) is 17.3 Å². The van der Waals surface area contributed by atoms with Gasteiger partial charge < -0.3 is 4.40 Å². The second kappa shape index (κ2) is 8.61. The number of para-hydroxylation sites is 1. The summed E-state index contributed by atoms with van der Waals surface area (Å²) < 4.78 is 3.90. The van der Waals surface area contributed by atoms with Crippen LogP contribution < -0.4 is 11.1 Å². The van der Waals surface area contributed by atoms with Crippen molar-refractivity contribution in [3.8, 4) is 0 Å². The van der Waals surface area contributed by atoms with Gasteiger partial charge in [-0.05, 0) is 97.3 Å². The molecule has 0 spiro atoms. The van der Waals surface area contributed by atoms with Gasteiger partial charge in [0, 0.05) is 25.1 Å². The zero-order valence-corrected chi connectivity index (χ0v) is 27.0. The summed E-state index contributed by atoms with van der Waals surface area (Å²) in [6.07, 6.45) is 2.05. The molecule has 3 heterocycles. The van der Waals surface area contributed by atoms with Crippen LogP contribution in [0.25, 0.3) is 59.8 Å². The molecule has 7 rings (SSSR count). The Hall–Kier alpha value is -2.79. The molecule has 3 aromatic heterocycles. The lowest BCUT2D eigenvalue weighted by atomic mass is 9.80. The second-order valence-corrected chi connectivity index (χ2v) is 15.5. The molecule has 4 aromatic carbocycles. The maximum atomic E-state index is 5.37. The quantitative estimate of drug-likeness (QED) is 0.0884. The SMILES string of the molecule is Bc1nc2c3cc4cc(CC(C)(C)C)ccc4c(CC(C)(C)C)c3n3c4ccccc4c4c(I)cc(c1B)c2c43. The molecule has 5 heteroatoms. The molecule has 0 fully saturated rings.